The van der Waals surface area contributed by atoms with E-state index in [0.29, 0.717) is 11.0 Å². The van der Waals surface area contributed by atoms with Crippen LogP contribution >= 0.6 is 0 Å². The fourth-order valence-electron chi connectivity index (χ4n) is 3.15. The van der Waals surface area contributed by atoms with Gasteiger partial charge in [0.25, 0.3) is 0 Å². The van der Waals surface area contributed by atoms with Gasteiger partial charge in [-0.3, -0.25) is 4.89 Å². The first kappa shape index (κ1) is 17.0. The van der Waals surface area contributed by atoms with E-state index in [9.17, 15) is 4.79 Å². The molecule has 1 fully saturated rings. The average Bonchev–Trinajstić information content (AvgIpc) is 2.47. The molecule has 3 heteroatoms. The fraction of sp³-hybridized carbons (Fsp3) is 0.632. The molecular formula is C19H28O3. The number of benzene rings is 1. The fourth-order valence-corrected chi connectivity index (χ4v) is 3.15. The lowest BCUT2D eigenvalue weighted by molar-refractivity contribution is -0.281. The Labute approximate surface area is 133 Å². The highest BCUT2D eigenvalue weighted by atomic mass is 17.2. The molecule has 122 valence electrons. The minimum atomic E-state index is -0.390. The van der Waals surface area contributed by atoms with Gasteiger partial charge in [0.15, 0.2) is 0 Å². The van der Waals surface area contributed by atoms with Gasteiger partial charge in [-0.05, 0) is 68.1 Å². The van der Waals surface area contributed by atoms with Crippen molar-refractivity contribution in [3.8, 4) is 0 Å². The molecule has 0 aliphatic heterocycles. The molecule has 0 bridgehead atoms. The maximum Gasteiger partial charge on any atom is 0.373 e. The summed E-state index contributed by atoms with van der Waals surface area (Å²) in [5.74, 6) is 0.334. The third-order valence-corrected chi connectivity index (χ3v) is 4.98. The molecule has 0 saturated heterocycles. The predicted molar refractivity (Wildman–Crippen MR) is 87.6 cm³/mol. The highest BCUT2D eigenvalue weighted by molar-refractivity contribution is 5.90. The standard InChI is InChI=1S/C19H28O3/c1-13-7-6-8-17(14(13)2)18(20)22-21-16-11-9-15(10-12-16)19(3,4)5/h6-8,15-16H,9-12H2,1-5H3. The molecule has 0 aromatic heterocycles. The number of carbonyl (C=O) groups is 1. The van der Waals surface area contributed by atoms with Gasteiger partial charge in [0, 0.05) is 0 Å². The van der Waals surface area contributed by atoms with Crippen LogP contribution in [0.15, 0.2) is 18.2 Å². The number of hydrogen-bond donors (Lipinski definition) is 0. The molecule has 1 aliphatic carbocycles. The molecule has 1 saturated carbocycles. The molecule has 0 unspecified atom stereocenters. The molecule has 22 heavy (non-hydrogen) atoms. The molecular weight excluding hydrogens is 276 g/mol. The second-order valence-corrected chi connectivity index (χ2v) is 7.55. The summed E-state index contributed by atoms with van der Waals surface area (Å²) in [6.07, 6.45) is 4.22. The topological polar surface area (TPSA) is 35.5 Å². The van der Waals surface area contributed by atoms with Crippen molar-refractivity contribution in [3.63, 3.8) is 0 Å². The van der Waals surface area contributed by atoms with Crippen LogP contribution in [0.2, 0.25) is 0 Å². The zero-order chi connectivity index (χ0) is 16.3. The van der Waals surface area contributed by atoms with E-state index in [0.717, 1.165) is 42.7 Å². The smallest absolute Gasteiger partial charge is 0.293 e. The summed E-state index contributed by atoms with van der Waals surface area (Å²) in [5.41, 5.74) is 2.97. The van der Waals surface area contributed by atoms with Crippen LogP contribution in [0.4, 0.5) is 0 Å². The van der Waals surface area contributed by atoms with E-state index >= 15 is 0 Å². The van der Waals surface area contributed by atoms with E-state index in [-0.39, 0.29) is 12.1 Å². The SMILES string of the molecule is Cc1cccc(C(=O)OOC2CCC(C(C)(C)C)CC2)c1C. The summed E-state index contributed by atoms with van der Waals surface area (Å²) in [4.78, 5) is 22.6. The molecule has 2 rings (SSSR count). The summed E-state index contributed by atoms with van der Waals surface area (Å²) in [6, 6.07) is 5.64. The van der Waals surface area contributed by atoms with Gasteiger partial charge in [-0.25, -0.2) is 4.79 Å². The Morgan fingerprint density at radius 3 is 2.32 bits per heavy atom. The lowest BCUT2D eigenvalue weighted by atomic mass is 9.72. The van der Waals surface area contributed by atoms with E-state index < -0.39 is 0 Å². The summed E-state index contributed by atoms with van der Waals surface area (Å²) in [7, 11) is 0. The van der Waals surface area contributed by atoms with E-state index in [1.807, 2.05) is 26.0 Å². The summed E-state index contributed by atoms with van der Waals surface area (Å²) < 4.78 is 0. The van der Waals surface area contributed by atoms with Gasteiger partial charge < -0.3 is 0 Å². The van der Waals surface area contributed by atoms with Crippen LogP contribution in [-0.4, -0.2) is 12.1 Å². The summed E-state index contributed by atoms with van der Waals surface area (Å²) in [5, 5.41) is 0. The Morgan fingerprint density at radius 1 is 1.09 bits per heavy atom. The number of rotatable bonds is 3. The first-order chi connectivity index (χ1) is 10.3. The van der Waals surface area contributed by atoms with Crippen molar-refractivity contribution in [2.45, 2.75) is 66.4 Å². The lowest BCUT2D eigenvalue weighted by Crippen LogP contribution is -2.29. The third-order valence-electron chi connectivity index (χ3n) is 4.98. The van der Waals surface area contributed by atoms with Crippen LogP contribution in [0.3, 0.4) is 0 Å². The van der Waals surface area contributed by atoms with Gasteiger partial charge in [0.1, 0.15) is 6.10 Å². The van der Waals surface area contributed by atoms with Crippen LogP contribution in [-0.2, 0) is 9.78 Å². The third kappa shape index (κ3) is 4.10. The second kappa shape index (κ2) is 6.82. The van der Waals surface area contributed by atoms with Gasteiger partial charge in [-0.2, -0.15) is 4.89 Å². The molecule has 0 spiro atoms. The quantitative estimate of drug-likeness (QED) is 0.582. The molecule has 3 nitrogen and oxygen atoms in total. The average molecular weight is 304 g/mol. The normalized spacial score (nSPS) is 22.4. The van der Waals surface area contributed by atoms with Crippen LogP contribution in [0.1, 0.15) is 67.9 Å². The lowest BCUT2D eigenvalue weighted by Gasteiger charge is -2.36. The van der Waals surface area contributed by atoms with Crippen molar-refractivity contribution in [1.82, 2.24) is 0 Å². The van der Waals surface area contributed by atoms with Gasteiger partial charge in [-0.15, -0.1) is 0 Å². The maximum atomic E-state index is 12.1. The highest BCUT2D eigenvalue weighted by Crippen LogP contribution is 2.38. The molecule has 1 aromatic rings. The minimum Gasteiger partial charge on any atom is -0.293 e. The van der Waals surface area contributed by atoms with Crippen LogP contribution in [0.5, 0.6) is 0 Å². The number of carbonyl (C=O) groups excluding carboxylic acids is 1. The summed E-state index contributed by atoms with van der Waals surface area (Å²) in [6.45, 7) is 10.8. The zero-order valence-corrected chi connectivity index (χ0v) is 14.4. The van der Waals surface area contributed by atoms with Gasteiger partial charge in [0.05, 0.1) is 5.56 Å². The summed E-state index contributed by atoms with van der Waals surface area (Å²) >= 11 is 0. The zero-order valence-electron chi connectivity index (χ0n) is 14.4. The van der Waals surface area contributed by atoms with E-state index in [4.69, 9.17) is 9.78 Å². The van der Waals surface area contributed by atoms with Crippen molar-refractivity contribution < 1.29 is 14.6 Å². The van der Waals surface area contributed by atoms with Crippen molar-refractivity contribution in [1.29, 1.82) is 0 Å². The Hall–Kier alpha value is -1.35. The largest absolute Gasteiger partial charge is 0.373 e. The predicted octanol–water partition coefficient (Wildman–Crippen LogP) is 5.00. The second-order valence-electron chi connectivity index (χ2n) is 7.55. The van der Waals surface area contributed by atoms with Gasteiger partial charge >= 0.3 is 5.97 Å². The molecule has 0 radical (unpaired) electrons. The van der Waals surface area contributed by atoms with Gasteiger partial charge in [-0.1, -0.05) is 32.9 Å². The molecule has 0 N–H and O–H groups in total. The highest BCUT2D eigenvalue weighted by Gasteiger charge is 2.31. The first-order valence-electron chi connectivity index (χ1n) is 8.23. The molecule has 0 amide bonds. The molecule has 1 aromatic carbocycles. The van der Waals surface area contributed by atoms with E-state index in [1.165, 1.54) is 0 Å². The van der Waals surface area contributed by atoms with E-state index in [1.54, 1.807) is 6.07 Å². The number of hydrogen-bond acceptors (Lipinski definition) is 3. The van der Waals surface area contributed by atoms with Gasteiger partial charge in [0.2, 0.25) is 0 Å². The van der Waals surface area contributed by atoms with Crippen molar-refractivity contribution in [2.75, 3.05) is 0 Å². The van der Waals surface area contributed by atoms with Crippen LogP contribution in [0, 0.1) is 25.2 Å². The number of aryl methyl sites for hydroxylation is 1. The Kier molecular flexibility index (Phi) is 5.28. The Morgan fingerprint density at radius 2 is 1.73 bits per heavy atom. The molecule has 0 atom stereocenters. The molecule has 1 aliphatic rings. The molecule has 0 heterocycles. The van der Waals surface area contributed by atoms with E-state index in [2.05, 4.69) is 20.8 Å². The first-order valence-corrected chi connectivity index (χ1v) is 8.23. The Bertz CT molecular complexity index is 520. The Balaban J connectivity index is 1.84. The van der Waals surface area contributed by atoms with Crippen LogP contribution in [0.25, 0.3) is 0 Å². The minimum absolute atomic E-state index is 0.0349. The van der Waals surface area contributed by atoms with Crippen molar-refractivity contribution in [3.05, 3.63) is 34.9 Å². The maximum absolute atomic E-state index is 12.1. The van der Waals surface area contributed by atoms with Crippen molar-refractivity contribution >= 4 is 5.97 Å². The van der Waals surface area contributed by atoms with Crippen molar-refractivity contribution in [2.24, 2.45) is 11.3 Å². The van der Waals surface area contributed by atoms with Crippen LogP contribution < -0.4 is 0 Å². The monoisotopic (exact) mass is 304 g/mol.